The average Bonchev–Trinajstić information content (AvgIpc) is 2.53. The van der Waals surface area contributed by atoms with E-state index in [0.29, 0.717) is 6.54 Å². The molecular formula is C17H16N2O2. The van der Waals surface area contributed by atoms with Crippen LogP contribution in [0.3, 0.4) is 0 Å². The standard InChI is InChI=1S/C17H16N2O2/c1-21-16-4-2-3-15-14(16)9-10-18-17(15)19-11-12-5-7-13(20)8-6-12/h2-10,20H,11H2,1H3,(H,18,19). The van der Waals surface area contributed by atoms with Crippen molar-refractivity contribution in [3.05, 3.63) is 60.3 Å². The molecule has 3 aromatic rings. The Hall–Kier alpha value is -2.75. The molecule has 0 aliphatic heterocycles. The summed E-state index contributed by atoms with van der Waals surface area (Å²) in [5, 5.41) is 14.7. The van der Waals surface area contributed by atoms with E-state index in [0.717, 1.165) is 27.9 Å². The number of nitrogens with zero attached hydrogens (tertiary/aromatic N) is 1. The second kappa shape index (κ2) is 5.71. The highest BCUT2D eigenvalue weighted by atomic mass is 16.5. The minimum absolute atomic E-state index is 0.270. The molecule has 4 nitrogen and oxygen atoms in total. The van der Waals surface area contributed by atoms with E-state index < -0.39 is 0 Å². The van der Waals surface area contributed by atoms with Crippen LogP contribution in [0.15, 0.2) is 54.7 Å². The van der Waals surface area contributed by atoms with Gasteiger partial charge in [-0.05, 0) is 29.8 Å². The van der Waals surface area contributed by atoms with E-state index in [1.54, 1.807) is 25.4 Å². The second-order valence-electron chi connectivity index (χ2n) is 4.73. The lowest BCUT2D eigenvalue weighted by molar-refractivity contribution is 0.420. The highest BCUT2D eigenvalue weighted by Crippen LogP contribution is 2.29. The first-order valence-corrected chi connectivity index (χ1v) is 6.71. The van der Waals surface area contributed by atoms with Crippen molar-refractivity contribution in [1.29, 1.82) is 0 Å². The number of phenols is 1. The molecule has 4 heteroatoms. The largest absolute Gasteiger partial charge is 0.508 e. The first kappa shape index (κ1) is 13.2. The zero-order chi connectivity index (χ0) is 14.7. The van der Waals surface area contributed by atoms with Gasteiger partial charge in [-0.25, -0.2) is 4.98 Å². The zero-order valence-corrected chi connectivity index (χ0v) is 11.7. The molecule has 0 bridgehead atoms. The average molecular weight is 280 g/mol. The number of pyridine rings is 1. The molecule has 21 heavy (non-hydrogen) atoms. The molecule has 0 atom stereocenters. The third kappa shape index (κ3) is 2.74. The van der Waals surface area contributed by atoms with Gasteiger partial charge in [0.1, 0.15) is 17.3 Å². The number of ether oxygens (including phenoxy) is 1. The molecule has 0 aliphatic carbocycles. The highest BCUT2D eigenvalue weighted by molar-refractivity contribution is 5.95. The summed E-state index contributed by atoms with van der Waals surface area (Å²) in [5.74, 6) is 1.92. The third-order valence-corrected chi connectivity index (χ3v) is 3.38. The van der Waals surface area contributed by atoms with Crippen molar-refractivity contribution in [1.82, 2.24) is 4.98 Å². The summed E-state index contributed by atoms with van der Waals surface area (Å²) in [6.07, 6.45) is 1.77. The van der Waals surface area contributed by atoms with Crippen LogP contribution in [0.5, 0.6) is 11.5 Å². The predicted molar refractivity (Wildman–Crippen MR) is 83.7 cm³/mol. The monoisotopic (exact) mass is 280 g/mol. The van der Waals surface area contributed by atoms with E-state index in [2.05, 4.69) is 10.3 Å². The normalized spacial score (nSPS) is 10.5. The maximum absolute atomic E-state index is 9.29. The van der Waals surface area contributed by atoms with Gasteiger partial charge in [0.05, 0.1) is 7.11 Å². The number of hydrogen-bond donors (Lipinski definition) is 2. The van der Waals surface area contributed by atoms with Crippen molar-refractivity contribution in [2.24, 2.45) is 0 Å². The number of fused-ring (bicyclic) bond motifs is 1. The fourth-order valence-corrected chi connectivity index (χ4v) is 2.30. The fourth-order valence-electron chi connectivity index (χ4n) is 2.30. The maximum Gasteiger partial charge on any atom is 0.134 e. The number of aromatic hydroxyl groups is 1. The van der Waals surface area contributed by atoms with Gasteiger partial charge in [-0.1, -0.05) is 24.3 Å². The number of phenolic OH excluding ortho intramolecular Hbond substituents is 1. The molecule has 2 aromatic carbocycles. The van der Waals surface area contributed by atoms with Crippen LogP contribution < -0.4 is 10.1 Å². The Labute approximate surface area is 123 Å². The summed E-state index contributed by atoms with van der Waals surface area (Å²) in [4.78, 5) is 4.40. The first-order chi connectivity index (χ1) is 10.3. The molecule has 0 amide bonds. The molecule has 0 saturated carbocycles. The SMILES string of the molecule is COc1cccc2c(NCc3ccc(O)cc3)nccc12. The van der Waals surface area contributed by atoms with E-state index in [1.807, 2.05) is 36.4 Å². The van der Waals surface area contributed by atoms with Gasteiger partial charge in [-0.2, -0.15) is 0 Å². The van der Waals surface area contributed by atoms with Crippen LogP contribution >= 0.6 is 0 Å². The van der Waals surface area contributed by atoms with Gasteiger partial charge in [0.15, 0.2) is 0 Å². The minimum atomic E-state index is 0.270. The van der Waals surface area contributed by atoms with Gasteiger partial charge in [-0.15, -0.1) is 0 Å². The summed E-state index contributed by atoms with van der Waals surface area (Å²) in [6.45, 7) is 0.642. The lowest BCUT2D eigenvalue weighted by Crippen LogP contribution is -2.02. The molecule has 0 radical (unpaired) electrons. The molecule has 1 aromatic heterocycles. The van der Waals surface area contributed by atoms with Crippen LogP contribution in [-0.4, -0.2) is 17.2 Å². The van der Waals surface area contributed by atoms with Gasteiger partial charge in [0.25, 0.3) is 0 Å². The van der Waals surface area contributed by atoms with Crippen LogP contribution in [0.2, 0.25) is 0 Å². The van der Waals surface area contributed by atoms with Crippen LogP contribution in [0.4, 0.5) is 5.82 Å². The van der Waals surface area contributed by atoms with Crippen LogP contribution in [0, 0.1) is 0 Å². The number of benzene rings is 2. The topological polar surface area (TPSA) is 54.4 Å². The van der Waals surface area contributed by atoms with E-state index >= 15 is 0 Å². The molecule has 0 aliphatic rings. The smallest absolute Gasteiger partial charge is 0.134 e. The highest BCUT2D eigenvalue weighted by Gasteiger charge is 2.06. The summed E-state index contributed by atoms with van der Waals surface area (Å²) >= 11 is 0. The number of nitrogens with one attached hydrogen (secondary N) is 1. The van der Waals surface area contributed by atoms with Crippen molar-refractivity contribution in [3.63, 3.8) is 0 Å². The molecule has 2 N–H and O–H groups in total. The Kier molecular flexibility index (Phi) is 3.60. The molecular weight excluding hydrogens is 264 g/mol. The Bertz CT molecular complexity index is 754. The number of aromatic nitrogens is 1. The third-order valence-electron chi connectivity index (χ3n) is 3.38. The van der Waals surface area contributed by atoms with Gasteiger partial charge < -0.3 is 15.2 Å². The Morgan fingerprint density at radius 3 is 2.62 bits per heavy atom. The Balaban J connectivity index is 1.88. The number of hydrogen-bond acceptors (Lipinski definition) is 4. The minimum Gasteiger partial charge on any atom is -0.508 e. The van der Waals surface area contributed by atoms with Crippen molar-refractivity contribution < 1.29 is 9.84 Å². The lowest BCUT2D eigenvalue weighted by Gasteiger charge is -2.11. The van der Waals surface area contributed by atoms with Crippen molar-refractivity contribution in [2.45, 2.75) is 6.54 Å². The van der Waals surface area contributed by atoms with E-state index in [9.17, 15) is 5.11 Å². The number of anilines is 1. The van der Waals surface area contributed by atoms with Crippen LogP contribution in [0.1, 0.15) is 5.56 Å². The van der Waals surface area contributed by atoms with E-state index in [1.165, 1.54) is 0 Å². The second-order valence-corrected chi connectivity index (χ2v) is 4.73. The molecule has 0 fully saturated rings. The van der Waals surface area contributed by atoms with Crippen molar-refractivity contribution >= 4 is 16.6 Å². The predicted octanol–water partition coefficient (Wildman–Crippen LogP) is 3.56. The maximum atomic E-state index is 9.29. The zero-order valence-electron chi connectivity index (χ0n) is 11.7. The van der Waals surface area contributed by atoms with Crippen LogP contribution in [0.25, 0.3) is 10.8 Å². The summed E-state index contributed by atoms with van der Waals surface area (Å²) in [5.41, 5.74) is 1.08. The molecule has 106 valence electrons. The quantitative estimate of drug-likeness (QED) is 0.767. The Morgan fingerprint density at radius 2 is 1.86 bits per heavy atom. The summed E-state index contributed by atoms with van der Waals surface area (Å²) in [7, 11) is 1.67. The molecule has 0 unspecified atom stereocenters. The lowest BCUT2D eigenvalue weighted by atomic mass is 10.1. The summed E-state index contributed by atoms with van der Waals surface area (Å²) in [6, 6.07) is 15.0. The Morgan fingerprint density at radius 1 is 1.05 bits per heavy atom. The fraction of sp³-hybridized carbons (Fsp3) is 0.118. The van der Waals surface area contributed by atoms with Crippen LogP contribution in [-0.2, 0) is 6.54 Å². The molecule has 0 saturated heterocycles. The van der Waals surface area contributed by atoms with Gasteiger partial charge in [0.2, 0.25) is 0 Å². The number of methoxy groups -OCH3 is 1. The number of rotatable bonds is 4. The summed E-state index contributed by atoms with van der Waals surface area (Å²) < 4.78 is 5.38. The molecule has 3 rings (SSSR count). The molecule has 1 heterocycles. The first-order valence-electron chi connectivity index (χ1n) is 6.71. The van der Waals surface area contributed by atoms with Crippen molar-refractivity contribution in [2.75, 3.05) is 12.4 Å². The van der Waals surface area contributed by atoms with Gasteiger partial charge >= 0.3 is 0 Å². The van der Waals surface area contributed by atoms with E-state index in [-0.39, 0.29) is 5.75 Å². The molecule has 0 spiro atoms. The van der Waals surface area contributed by atoms with Gasteiger partial charge in [-0.3, -0.25) is 0 Å². The van der Waals surface area contributed by atoms with Crippen molar-refractivity contribution in [3.8, 4) is 11.5 Å². The van der Waals surface area contributed by atoms with E-state index in [4.69, 9.17) is 4.74 Å². The van der Waals surface area contributed by atoms with Gasteiger partial charge in [0, 0.05) is 23.5 Å².